The Morgan fingerprint density at radius 2 is 2.29 bits per heavy atom. The van der Waals surface area contributed by atoms with Gasteiger partial charge in [-0.2, -0.15) is 0 Å². The van der Waals surface area contributed by atoms with Crippen molar-refractivity contribution in [3.8, 4) is 0 Å². The van der Waals surface area contributed by atoms with Crippen LogP contribution in [0.15, 0.2) is 35.6 Å². The molecule has 0 aromatic heterocycles. The van der Waals surface area contributed by atoms with E-state index in [2.05, 4.69) is 33.4 Å². The molecule has 0 aromatic carbocycles. The Hall–Kier alpha value is -0.980. The zero-order valence-corrected chi connectivity index (χ0v) is 9.43. The summed E-state index contributed by atoms with van der Waals surface area (Å²) >= 11 is 0. The summed E-state index contributed by atoms with van der Waals surface area (Å²) in [6.45, 7) is 10.1. The monoisotopic (exact) mass is 192 g/mol. The molecular weight excluding hydrogens is 172 g/mol. The molecule has 0 radical (unpaired) electrons. The number of hydrogen-bond donors (Lipinski definition) is 1. The van der Waals surface area contributed by atoms with Gasteiger partial charge < -0.3 is 5.11 Å². The minimum Gasteiger partial charge on any atom is -0.512 e. The van der Waals surface area contributed by atoms with Crippen LogP contribution in [0.1, 0.15) is 40.0 Å². The van der Waals surface area contributed by atoms with Crippen LogP contribution in [0.3, 0.4) is 0 Å². The van der Waals surface area contributed by atoms with E-state index in [4.69, 9.17) is 0 Å². The van der Waals surface area contributed by atoms with E-state index < -0.39 is 0 Å². The first kappa shape index (κ1) is 11.1. The maximum atomic E-state index is 9.93. The Morgan fingerprint density at radius 3 is 2.71 bits per heavy atom. The molecule has 0 bridgehead atoms. The summed E-state index contributed by atoms with van der Waals surface area (Å²) in [7, 11) is 0. The average Bonchev–Trinajstić information content (AvgIpc) is 2.38. The first-order chi connectivity index (χ1) is 6.50. The van der Waals surface area contributed by atoms with Crippen molar-refractivity contribution < 1.29 is 5.11 Å². The van der Waals surface area contributed by atoms with Gasteiger partial charge in [-0.15, -0.1) is 6.58 Å². The van der Waals surface area contributed by atoms with Crippen LogP contribution in [-0.2, 0) is 0 Å². The zero-order valence-electron chi connectivity index (χ0n) is 9.43. The van der Waals surface area contributed by atoms with E-state index in [0.29, 0.717) is 5.76 Å². The third-order valence-electron chi connectivity index (χ3n) is 3.29. The largest absolute Gasteiger partial charge is 0.512 e. The summed E-state index contributed by atoms with van der Waals surface area (Å²) in [6.07, 6.45) is 6.54. The van der Waals surface area contributed by atoms with Gasteiger partial charge in [-0.3, -0.25) is 0 Å². The lowest BCUT2D eigenvalue weighted by atomic mass is 9.81. The van der Waals surface area contributed by atoms with E-state index in [1.807, 2.05) is 6.08 Å². The highest BCUT2D eigenvalue weighted by Crippen LogP contribution is 2.44. The number of rotatable bonds is 3. The molecule has 0 aliphatic heterocycles. The molecule has 1 rings (SSSR count). The molecule has 1 nitrogen and oxygen atoms in total. The third-order valence-corrected chi connectivity index (χ3v) is 3.29. The molecule has 0 unspecified atom stereocenters. The van der Waals surface area contributed by atoms with Gasteiger partial charge >= 0.3 is 0 Å². The molecule has 1 aliphatic carbocycles. The van der Waals surface area contributed by atoms with Gasteiger partial charge in [0, 0.05) is 11.8 Å². The minimum absolute atomic E-state index is 0.0469. The summed E-state index contributed by atoms with van der Waals surface area (Å²) in [5.74, 6) is 0.558. The predicted octanol–water partition coefficient (Wildman–Crippen LogP) is 4.14. The van der Waals surface area contributed by atoms with Crippen molar-refractivity contribution in [2.75, 3.05) is 0 Å². The number of allylic oxidation sites excluding steroid dienone is 5. The molecule has 0 spiro atoms. The maximum Gasteiger partial charge on any atom is 0.0929 e. The van der Waals surface area contributed by atoms with Gasteiger partial charge in [0.1, 0.15) is 0 Å². The fourth-order valence-corrected chi connectivity index (χ4v) is 1.87. The van der Waals surface area contributed by atoms with Gasteiger partial charge in [-0.25, -0.2) is 0 Å². The summed E-state index contributed by atoms with van der Waals surface area (Å²) in [4.78, 5) is 0. The van der Waals surface area contributed by atoms with Crippen LogP contribution in [0.4, 0.5) is 0 Å². The molecule has 0 fully saturated rings. The quantitative estimate of drug-likeness (QED) is 0.526. The molecule has 1 aliphatic rings. The SMILES string of the molecule is C=CCC/C(O)=C1\CC=C(C)C1(C)C. The van der Waals surface area contributed by atoms with Gasteiger partial charge in [-0.1, -0.05) is 31.6 Å². The van der Waals surface area contributed by atoms with Gasteiger partial charge in [0.15, 0.2) is 0 Å². The van der Waals surface area contributed by atoms with Crippen LogP contribution >= 0.6 is 0 Å². The van der Waals surface area contributed by atoms with E-state index in [1.165, 1.54) is 11.1 Å². The van der Waals surface area contributed by atoms with E-state index in [9.17, 15) is 5.11 Å². The Bertz CT molecular complexity index is 292. The fourth-order valence-electron chi connectivity index (χ4n) is 1.87. The summed E-state index contributed by atoms with van der Waals surface area (Å²) < 4.78 is 0. The number of aliphatic hydroxyl groups excluding tert-OH is 1. The lowest BCUT2D eigenvalue weighted by Crippen LogP contribution is -2.13. The second-order valence-electron chi connectivity index (χ2n) is 4.47. The molecule has 0 saturated carbocycles. The highest BCUT2D eigenvalue weighted by atomic mass is 16.3. The van der Waals surface area contributed by atoms with Gasteiger partial charge in [0.25, 0.3) is 0 Å². The molecule has 78 valence electrons. The molecule has 0 atom stereocenters. The molecule has 0 heterocycles. The molecule has 0 aromatic rings. The summed E-state index contributed by atoms with van der Waals surface area (Å²) in [5, 5.41) is 9.93. The van der Waals surface area contributed by atoms with E-state index in [-0.39, 0.29) is 5.41 Å². The Labute approximate surface area is 86.8 Å². The smallest absolute Gasteiger partial charge is 0.0929 e. The van der Waals surface area contributed by atoms with Crippen LogP contribution in [-0.4, -0.2) is 5.11 Å². The Kier molecular flexibility index (Phi) is 3.20. The van der Waals surface area contributed by atoms with Crippen molar-refractivity contribution in [3.05, 3.63) is 35.6 Å². The number of aliphatic hydroxyl groups is 1. The highest BCUT2D eigenvalue weighted by Gasteiger charge is 2.31. The Balaban J connectivity index is 2.84. The van der Waals surface area contributed by atoms with Crippen LogP contribution in [0.5, 0.6) is 0 Å². The van der Waals surface area contributed by atoms with Crippen molar-refractivity contribution in [1.82, 2.24) is 0 Å². The lowest BCUT2D eigenvalue weighted by molar-refractivity contribution is 0.361. The predicted molar refractivity (Wildman–Crippen MR) is 61.2 cm³/mol. The van der Waals surface area contributed by atoms with Gasteiger partial charge in [0.05, 0.1) is 5.76 Å². The minimum atomic E-state index is 0.0469. The standard InChI is InChI=1S/C13H20O/c1-5-6-7-12(14)11-9-8-10(2)13(11,3)4/h5,8,14H,1,6-7,9H2,2-4H3/b12-11-. The second kappa shape index (κ2) is 4.04. The van der Waals surface area contributed by atoms with Crippen molar-refractivity contribution in [3.63, 3.8) is 0 Å². The first-order valence-electron chi connectivity index (χ1n) is 5.19. The normalized spacial score (nSPS) is 23.2. The molecule has 0 amide bonds. The van der Waals surface area contributed by atoms with Gasteiger partial charge in [-0.05, 0) is 25.3 Å². The zero-order chi connectivity index (χ0) is 10.8. The second-order valence-corrected chi connectivity index (χ2v) is 4.47. The molecule has 1 heteroatoms. The van der Waals surface area contributed by atoms with Crippen molar-refractivity contribution in [1.29, 1.82) is 0 Å². The first-order valence-corrected chi connectivity index (χ1v) is 5.19. The topological polar surface area (TPSA) is 20.2 Å². The summed E-state index contributed by atoms with van der Waals surface area (Å²) in [5.41, 5.74) is 2.58. The fraction of sp³-hybridized carbons (Fsp3) is 0.538. The molecule has 0 saturated heterocycles. The average molecular weight is 192 g/mol. The lowest BCUT2D eigenvalue weighted by Gasteiger charge is -2.24. The van der Waals surface area contributed by atoms with Crippen molar-refractivity contribution in [2.45, 2.75) is 40.0 Å². The molecule has 1 N–H and O–H groups in total. The van der Waals surface area contributed by atoms with E-state index in [1.54, 1.807) is 0 Å². The third kappa shape index (κ3) is 1.92. The van der Waals surface area contributed by atoms with Crippen molar-refractivity contribution in [2.24, 2.45) is 5.41 Å². The number of hydrogen-bond acceptors (Lipinski definition) is 1. The van der Waals surface area contributed by atoms with Crippen LogP contribution in [0, 0.1) is 5.41 Å². The van der Waals surface area contributed by atoms with E-state index >= 15 is 0 Å². The summed E-state index contributed by atoms with van der Waals surface area (Å²) in [6, 6.07) is 0. The highest BCUT2D eigenvalue weighted by molar-refractivity contribution is 5.36. The Morgan fingerprint density at radius 1 is 1.64 bits per heavy atom. The van der Waals surface area contributed by atoms with Crippen molar-refractivity contribution >= 4 is 0 Å². The van der Waals surface area contributed by atoms with Crippen LogP contribution in [0.2, 0.25) is 0 Å². The van der Waals surface area contributed by atoms with Gasteiger partial charge in [0.2, 0.25) is 0 Å². The molecule has 14 heavy (non-hydrogen) atoms. The van der Waals surface area contributed by atoms with Crippen LogP contribution < -0.4 is 0 Å². The molecular formula is C13H20O. The maximum absolute atomic E-state index is 9.93. The van der Waals surface area contributed by atoms with Crippen LogP contribution in [0.25, 0.3) is 0 Å². The van der Waals surface area contributed by atoms with E-state index in [0.717, 1.165) is 19.3 Å².